The molecule has 1 aliphatic rings. The molecule has 0 saturated heterocycles. The number of aromatic nitrogens is 2. The third-order valence-corrected chi connectivity index (χ3v) is 5.04. The molecule has 0 radical (unpaired) electrons. The Morgan fingerprint density at radius 3 is 2.76 bits per heavy atom. The number of amides is 1. The first kappa shape index (κ1) is 21.1. The Morgan fingerprint density at radius 1 is 1.24 bits per heavy atom. The summed E-state index contributed by atoms with van der Waals surface area (Å²) < 4.78 is 5.33. The molecular weight excluding hydrogens is 364 g/mol. The summed E-state index contributed by atoms with van der Waals surface area (Å²) in [5, 5.41) is 2.86. The zero-order valence-electron chi connectivity index (χ0n) is 17.9. The number of ether oxygens (including phenoxy) is 1. The average Bonchev–Trinajstić information content (AvgIpc) is 2.67. The molecule has 29 heavy (non-hydrogen) atoms. The van der Waals surface area contributed by atoms with Gasteiger partial charge in [-0.2, -0.15) is 0 Å². The summed E-state index contributed by atoms with van der Waals surface area (Å²) in [4.78, 5) is 23.7. The monoisotopic (exact) mass is 396 g/mol. The van der Waals surface area contributed by atoms with E-state index in [1.165, 1.54) is 5.56 Å². The fourth-order valence-electron chi connectivity index (χ4n) is 3.83. The summed E-state index contributed by atoms with van der Waals surface area (Å²) in [7, 11) is 0. The maximum Gasteiger partial charge on any atom is 0.407 e. The lowest BCUT2D eigenvalue weighted by atomic mass is 9.90. The van der Waals surface area contributed by atoms with Crippen LogP contribution in [0, 0.1) is 6.92 Å². The molecule has 0 aromatic carbocycles. The maximum absolute atomic E-state index is 11.9. The minimum atomic E-state index is -0.487. The highest BCUT2D eigenvalue weighted by Crippen LogP contribution is 2.36. The summed E-state index contributed by atoms with van der Waals surface area (Å²) >= 11 is 0. The van der Waals surface area contributed by atoms with Crippen molar-refractivity contribution in [2.45, 2.75) is 65.0 Å². The third kappa shape index (κ3) is 5.68. The first-order valence-corrected chi connectivity index (χ1v) is 10.4. The largest absolute Gasteiger partial charge is 0.444 e. The van der Waals surface area contributed by atoms with Crippen molar-refractivity contribution in [2.75, 3.05) is 18.0 Å². The highest BCUT2D eigenvalue weighted by Gasteiger charge is 2.28. The maximum atomic E-state index is 11.9. The molecule has 1 aliphatic carbocycles. The van der Waals surface area contributed by atoms with Gasteiger partial charge in [-0.15, -0.1) is 0 Å². The lowest BCUT2D eigenvalue weighted by Gasteiger charge is -2.36. The second-order valence-corrected chi connectivity index (χ2v) is 8.58. The molecule has 2 aromatic heterocycles. The zero-order chi connectivity index (χ0) is 20.9. The first-order valence-electron chi connectivity index (χ1n) is 10.4. The number of nitrogens with zero attached hydrogens (tertiary/aromatic N) is 3. The van der Waals surface area contributed by atoms with E-state index in [-0.39, 0.29) is 12.1 Å². The van der Waals surface area contributed by atoms with Crippen LogP contribution >= 0.6 is 0 Å². The van der Waals surface area contributed by atoms with Crippen LogP contribution in [-0.4, -0.2) is 34.8 Å². The lowest BCUT2D eigenvalue weighted by Crippen LogP contribution is -2.37. The third-order valence-electron chi connectivity index (χ3n) is 5.04. The first-order chi connectivity index (χ1) is 13.8. The number of aryl methyl sites for hydroxylation is 2. The summed E-state index contributed by atoms with van der Waals surface area (Å²) in [6, 6.07) is 8.46. The van der Waals surface area contributed by atoms with Gasteiger partial charge in [0, 0.05) is 25.5 Å². The van der Waals surface area contributed by atoms with Gasteiger partial charge in [0.1, 0.15) is 11.4 Å². The second kappa shape index (κ2) is 9.25. The van der Waals surface area contributed by atoms with E-state index in [9.17, 15) is 4.79 Å². The van der Waals surface area contributed by atoms with Gasteiger partial charge in [-0.3, -0.25) is 4.98 Å². The molecule has 3 rings (SSSR count). The number of hydrogen-bond donors (Lipinski definition) is 1. The smallest absolute Gasteiger partial charge is 0.407 e. The van der Waals surface area contributed by atoms with Crippen molar-refractivity contribution in [3.63, 3.8) is 0 Å². The highest BCUT2D eigenvalue weighted by molar-refractivity contribution is 5.67. The highest BCUT2D eigenvalue weighted by atomic mass is 16.6. The fourth-order valence-corrected chi connectivity index (χ4v) is 3.83. The Bertz CT molecular complexity index is 832. The Kier molecular flexibility index (Phi) is 6.72. The minimum Gasteiger partial charge on any atom is -0.444 e. The zero-order valence-corrected chi connectivity index (χ0v) is 17.9. The number of rotatable bonds is 6. The van der Waals surface area contributed by atoms with Crippen molar-refractivity contribution in [3.05, 3.63) is 53.5 Å². The summed E-state index contributed by atoms with van der Waals surface area (Å²) in [6.45, 7) is 9.03. The molecule has 2 aromatic rings. The fraction of sp³-hybridized carbons (Fsp3) is 0.522. The number of carbonyl (C=O) groups is 1. The minimum absolute atomic E-state index is 0.204. The van der Waals surface area contributed by atoms with E-state index in [0.29, 0.717) is 6.54 Å². The van der Waals surface area contributed by atoms with Crippen LogP contribution in [0.15, 0.2) is 36.7 Å². The molecule has 6 nitrogen and oxygen atoms in total. The van der Waals surface area contributed by atoms with E-state index in [2.05, 4.69) is 34.3 Å². The summed E-state index contributed by atoms with van der Waals surface area (Å²) in [5.41, 5.74) is 3.15. The lowest BCUT2D eigenvalue weighted by molar-refractivity contribution is 0.0527. The predicted molar refractivity (Wildman–Crippen MR) is 115 cm³/mol. The van der Waals surface area contributed by atoms with E-state index in [1.807, 2.05) is 45.3 Å². The molecule has 0 saturated carbocycles. The van der Waals surface area contributed by atoms with E-state index in [1.54, 1.807) is 0 Å². The van der Waals surface area contributed by atoms with Gasteiger partial charge >= 0.3 is 6.09 Å². The predicted octanol–water partition coefficient (Wildman–Crippen LogP) is 4.58. The quantitative estimate of drug-likeness (QED) is 0.724. The molecule has 2 heterocycles. The number of nitrogens with one attached hydrogen (secondary N) is 1. The molecular formula is C23H32N4O2. The molecule has 0 bridgehead atoms. The van der Waals surface area contributed by atoms with E-state index in [0.717, 1.165) is 49.3 Å². The van der Waals surface area contributed by atoms with E-state index < -0.39 is 5.60 Å². The topological polar surface area (TPSA) is 67.4 Å². The van der Waals surface area contributed by atoms with Gasteiger partial charge in [0.25, 0.3) is 0 Å². The Labute approximate surface area is 173 Å². The van der Waals surface area contributed by atoms with Crippen LogP contribution < -0.4 is 10.2 Å². The molecule has 0 spiro atoms. The molecule has 1 N–H and O–H groups in total. The second-order valence-electron chi connectivity index (χ2n) is 8.58. The van der Waals surface area contributed by atoms with E-state index >= 15 is 0 Å². The van der Waals surface area contributed by atoms with Crippen molar-refractivity contribution in [2.24, 2.45) is 0 Å². The molecule has 0 fully saturated rings. The van der Waals surface area contributed by atoms with Crippen LogP contribution in [0.1, 0.15) is 62.9 Å². The molecule has 156 valence electrons. The van der Waals surface area contributed by atoms with Crippen LogP contribution in [0.5, 0.6) is 0 Å². The van der Waals surface area contributed by atoms with Crippen LogP contribution in [-0.2, 0) is 11.2 Å². The van der Waals surface area contributed by atoms with Crippen LogP contribution in [0.4, 0.5) is 10.6 Å². The number of pyridine rings is 2. The van der Waals surface area contributed by atoms with Crippen LogP contribution in [0.25, 0.3) is 0 Å². The Hall–Kier alpha value is -2.63. The molecule has 1 atom stereocenters. The molecule has 1 unspecified atom stereocenters. The van der Waals surface area contributed by atoms with Crippen molar-refractivity contribution >= 4 is 11.9 Å². The molecule has 1 amide bonds. The van der Waals surface area contributed by atoms with Gasteiger partial charge in [-0.25, -0.2) is 9.78 Å². The van der Waals surface area contributed by atoms with Gasteiger partial charge in [0.05, 0.1) is 11.7 Å². The van der Waals surface area contributed by atoms with Crippen molar-refractivity contribution in [1.29, 1.82) is 0 Å². The summed E-state index contributed by atoms with van der Waals surface area (Å²) in [5.74, 6) is 0.994. The van der Waals surface area contributed by atoms with Gasteiger partial charge in [-0.1, -0.05) is 12.1 Å². The van der Waals surface area contributed by atoms with Crippen LogP contribution in [0.2, 0.25) is 0 Å². The number of hydrogen-bond acceptors (Lipinski definition) is 5. The van der Waals surface area contributed by atoms with Gasteiger partial charge in [0.15, 0.2) is 0 Å². The number of fused-ring (bicyclic) bond motifs is 1. The Balaban J connectivity index is 1.72. The normalized spacial score (nSPS) is 16.1. The number of alkyl carbamates (subject to hydrolysis) is 1. The van der Waals surface area contributed by atoms with Gasteiger partial charge < -0.3 is 15.0 Å². The number of carbonyl (C=O) groups excluding carboxylic acids is 1. The van der Waals surface area contributed by atoms with Crippen molar-refractivity contribution in [1.82, 2.24) is 15.3 Å². The van der Waals surface area contributed by atoms with Gasteiger partial charge in [-0.05, 0) is 76.6 Å². The van der Waals surface area contributed by atoms with Crippen molar-refractivity contribution in [3.8, 4) is 0 Å². The van der Waals surface area contributed by atoms with E-state index in [4.69, 9.17) is 9.72 Å². The molecule has 0 aliphatic heterocycles. The molecule has 6 heteroatoms. The van der Waals surface area contributed by atoms with Crippen LogP contribution in [0.3, 0.4) is 0 Å². The summed E-state index contributed by atoms with van der Waals surface area (Å²) in [6.07, 6.45) is 7.42. The van der Waals surface area contributed by atoms with Gasteiger partial charge in [0.2, 0.25) is 0 Å². The average molecular weight is 397 g/mol. The Morgan fingerprint density at radius 2 is 2.00 bits per heavy atom. The standard InChI is InChI=1S/C23H32N4O2/c1-17-9-6-14-25-21(17)27(16-8-15-26-22(28)29-23(2,3)4)19-12-5-10-18-11-7-13-24-20(18)19/h6-7,9,11,13-14,19H,5,8,10,12,15-16H2,1-4H3,(H,26,28). The SMILES string of the molecule is Cc1cccnc1N(CCCNC(=O)OC(C)(C)C)C1CCCc2cccnc21. The van der Waals surface area contributed by atoms with Crippen molar-refractivity contribution < 1.29 is 9.53 Å². The number of anilines is 1.